The van der Waals surface area contributed by atoms with Gasteiger partial charge in [0.1, 0.15) is 0 Å². The molecule has 0 spiro atoms. The van der Waals surface area contributed by atoms with E-state index in [4.69, 9.17) is 0 Å². The van der Waals surface area contributed by atoms with Crippen LogP contribution in [0.4, 0.5) is 0 Å². The number of benzene rings is 1. The van der Waals surface area contributed by atoms with Crippen LogP contribution in [0.2, 0.25) is 0 Å². The van der Waals surface area contributed by atoms with Crippen LogP contribution >= 0.6 is 0 Å². The Morgan fingerprint density at radius 3 is 2.60 bits per heavy atom. The van der Waals surface area contributed by atoms with Crippen LogP contribution in [0.1, 0.15) is 11.3 Å². The fourth-order valence-electron chi connectivity index (χ4n) is 2.12. The van der Waals surface area contributed by atoms with Crippen LogP contribution in [0.15, 0.2) is 67.1 Å². The molecular weight excluding hydrogens is 248 g/mol. The summed E-state index contributed by atoms with van der Waals surface area (Å²) in [6, 6.07) is 16.1. The number of aromatic nitrogens is 3. The third-order valence-electron chi connectivity index (χ3n) is 3.09. The van der Waals surface area contributed by atoms with Gasteiger partial charge in [-0.2, -0.15) is 5.10 Å². The molecule has 2 heterocycles. The zero-order valence-electron chi connectivity index (χ0n) is 11.1. The lowest BCUT2D eigenvalue weighted by molar-refractivity contribution is 0.674. The minimum absolute atomic E-state index is 0.758. The molecule has 0 aliphatic rings. The van der Waals surface area contributed by atoms with Gasteiger partial charge in [0, 0.05) is 31.7 Å². The first-order chi connectivity index (χ1) is 9.93. The number of hydrogen-bond acceptors (Lipinski definition) is 3. The van der Waals surface area contributed by atoms with Gasteiger partial charge in [-0.25, -0.2) is 4.68 Å². The van der Waals surface area contributed by atoms with Gasteiger partial charge in [0.25, 0.3) is 0 Å². The van der Waals surface area contributed by atoms with Crippen molar-refractivity contribution in [1.82, 2.24) is 20.1 Å². The van der Waals surface area contributed by atoms with Gasteiger partial charge in [0.05, 0.1) is 11.4 Å². The van der Waals surface area contributed by atoms with Crippen molar-refractivity contribution in [3.05, 3.63) is 78.4 Å². The first-order valence-electron chi connectivity index (χ1n) is 6.62. The highest BCUT2D eigenvalue weighted by atomic mass is 15.3. The second-order valence-electron chi connectivity index (χ2n) is 4.50. The van der Waals surface area contributed by atoms with Gasteiger partial charge in [-0.3, -0.25) is 4.98 Å². The van der Waals surface area contributed by atoms with E-state index in [0.29, 0.717) is 0 Å². The molecule has 3 aromatic rings. The van der Waals surface area contributed by atoms with Crippen LogP contribution in [0.3, 0.4) is 0 Å². The molecule has 100 valence electrons. The highest BCUT2D eigenvalue weighted by Gasteiger charge is 2.03. The van der Waals surface area contributed by atoms with Crippen molar-refractivity contribution in [2.45, 2.75) is 13.1 Å². The van der Waals surface area contributed by atoms with Gasteiger partial charge >= 0.3 is 0 Å². The number of pyridine rings is 1. The van der Waals surface area contributed by atoms with E-state index >= 15 is 0 Å². The minimum Gasteiger partial charge on any atom is -0.307 e. The molecule has 2 aromatic heterocycles. The SMILES string of the molecule is c1ccc(CNCc2ccccc2-n2cccn2)nc1. The second-order valence-corrected chi connectivity index (χ2v) is 4.50. The van der Waals surface area contributed by atoms with Crippen molar-refractivity contribution >= 4 is 0 Å². The summed E-state index contributed by atoms with van der Waals surface area (Å²) in [7, 11) is 0. The normalized spacial score (nSPS) is 10.6. The molecular formula is C16H16N4. The Hall–Kier alpha value is -2.46. The van der Waals surface area contributed by atoms with Crippen LogP contribution in [0.25, 0.3) is 5.69 Å². The Kier molecular flexibility index (Phi) is 3.85. The molecule has 0 aliphatic carbocycles. The molecule has 0 bridgehead atoms. The fraction of sp³-hybridized carbons (Fsp3) is 0.125. The number of para-hydroxylation sites is 1. The van der Waals surface area contributed by atoms with Crippen LogP contribution < -0.4 is 5.32 Å². The molecule has 3 rings (SSSR count). The average Bonchev–Trinajstić information content (AvgIpc) is 3.03. The maximum Gasteiger partial charge on any atom is 0.0690 e. The molecule has 0 fully saturated rings. The minimum atomic E-state index is 0.758. The van der Waals surface area contributed by atoms with Crippen LogP contribution in [-0.2, 0) is 13.1 Å². The molecule has 0 unspecified atom stereocenters. The molecule has 0 saturated heterocycles. The Labute approximate surface area is 118 Å². The molecule has 0 atom stereocenters. The Morgan fingerprint density at radius 1 is 0.900 bits per heavy atom. The van der Waals surface area contributed by atoms with Gasteiger partial charge in [-0.15, -0.1) is 0 Å². The van der Waals surface area contributed by atoms with Crippen molar-refractivity contribution in [2.75, 3.05) is 0 Å². The Morgan fingerprint density at radius 2 is 1.80 bits per heavy atom. The lowest BCUT2D eigenvalue weighted by Crippen LogP contribution is -2.15. The van der Waals surface area contributed by atoms with Crippen LogP contribution in [0, 0.1) is 0 Å². The monoisotopic (exact) mass is 264 g/mol. The third kappa shape index (κ3) is 2.92. The predicted molar refractivity (Wildman–Crippen MR) is 78.3 cm³/mol. The maximum absolute atomic E-state index is 4.30. The molecule has 1 aromatic carbocycles. The summed E-state index contributed by atoms with van der Waals surface area (Å²) < 4.78 is 1.89. The third-order valence-corrected chi connectivity index (χ3v) is 3.09. The molecule has 4 heteroatoms. The molecule has 0 aliphatic heterocycles. The van der Waals surface area contributed by atoms with E-state index in [9.17, 15) is 0 Å². The van der Waals surface area contributed by atoms with E-state index in [1.54, 1.807) is 6.20 Å². The number of rotatable bonds is 5. The van der Waals surface area contributed by atoms with Crippen molar-refractivity contribution < 1.29 is 0 Å². The first kappa shape index (κ1) is 12.6. The van der Waals surface area contributed by atoms with E-state index in [1.165, 1.54) is 5.56 Å². The Balaban J connectivity index is 1.69. The smallest absolute Gasteiger partial charge is 0.0690 e. The van der Waals surface area contributed by atoms with Gasteiger partial charge in [-0.05, 0) is 29.8 Å². The second kappa shape index (κ2) is 6.12. The summed E-state index contributed by atoms with van der Waals surface area (Å²) >= 11 is 0. The van der Waals surface area contributed by atoms with Crippen molar-refractivity contribution in [1.29, 1.82) is 0 Å². The summed E-state index contributed by atoms with van der Waals surface area (Å²) in [5.41, 5.74) is 3.36. The lowest BCUT2D eigenvalue weighted by atomic mass is 10.1. The fourth-order valence-corrected chi connectivity index (χ4v) is 2.12. The zero-order chi connectivity index (χ0) is 13.6. The summed E-state index contributed by atoms with van der Waals surface area (Å²) in [4.78, 5) is 4.30. The molecule has 20 heavy (non-hydrogen) atoms. The predicted octanol–water partition coefficient (Wildman–Crippen LogP) is 2.56. The van der Waals surface area contributed by atoms with E-state index < -0.39 is 0 Å². The summed E-state index contributed by atoms with van der Waals surface area (Å²) in [6.07, 6.45) is 5.56. The van der Waals surface area contributed by atoms with Crippen LogP contribution in [0.5, 0.6) is 0 Å². The highest BCUT2D eigenvalue weighted by Crippen LogP contribution is 2.13. The molecule has 0 saturated carbocycles. The quantitative estimate of drug-likeness (QED) is 0.770. The molecule has 0 radical (unpaired) electrons. The molecule has 4 nitrogen and oxygen atoms in total. The average molecular weight is 264 g/mol. The number of nitrogens with one attached hydrogen (secondary N) is 1. The van der Waals surface area contributed by atoms with E-state index in [0.717, 1.165) is 24.5 Å². The first-order valence-corrected chi connectivity index (χ1v) is 6.62. The summed E-state index contributed by atoms with van der Waals surface area (Å²) in [6.45, 7) is 1.54. The van der Waals surface area contributed by atoms with Crippen LogP contribution in [-0.4, -0.2) is 14.8 Å². The molecule has 1 N–H and O–H groups in total. The number of hydrogen-bond donors (Lipinski definition) is 1. The largest absolute Gasteiger partial charge is 0.307 e. The maximum atomic E-state index is 4.30. The van der Waals surface area contributed by atoms with Gasteiger partial charge in [0.2, 0.25) is 0 Å². The van der Waals surface area contributed by atoms with Gasteiger partial charge in [0.15, 0.2) is 0 Å². The molecule has 0 amide bonds. The number of nitrogens with zero attached hydrogens (tertiary/aromatic N) is 3. The van der Waals surface area contributed by atoms with Gasteiger partial charge in [-0.1, -0.05) is 24.3 Å². The standard InChI is InChI=1S/C16H16N4/c1-2-8-16(20-11-5-10-19-20)14(6-1)12-17-13-15-7-3-4-9-18-15/h1-11,17H,12-13H2. The summed E-state index contributed by atoms with van der Waals surface area (Å²) in [5.74, 6) is 0. The van der Waals surface area contributed by atoms with Crippen molar-refractivity contribution in [3.63, 3.8) is 0 Å². The van der Waals surface area contributed by atoms with Crippen molar-refractivity contribution in [2.24, 2.45) is 0 Å². The Bertz CT molecular complexity index is 647. The summed E-state index contributed by atoms with van der Waals surface area (Å²) in [5, 5.41) is 7.71. The highest BCUT2D eigenvalue weighted by molar-refractivity contribution is 5.40. The van der Waals surface area contributed by atoms with E-state index in [1.807, 2.05) is 53.5 Å². The van der Waals surface area contributed by atoms with Gasteiger partial charge < -0.3 is 5.32 Å². The lowest BCUT2D eigenvalue weighted by Gasteiger charge is -2.10. The van der Waals surface area contributed by atoms with E-state index in [2.05, 4.69) is 27.5 Å². The topological polar surface area (TPSA) is 42.7 Å². The van der Waals surface area contributed by atoms with Crippen molar-refractivity contribution in [3.8, 4) is 5.69 Å². The van der Waals surface area contributed by atoms with E-state index in [-0.39, 0.29) is 0 Å². The zero-order valence-corrected chi connectivity index (χ0v) is 11.1.